The van der Waals surface area contributed by atoms with Gasteiger partial charge in [0.25, 0.3) is 0 Å². The molecular weight excluding hydrogens is 248 g/mol. The van der Waals surface area contributed by atoms with Gasteiger partial charge in [-0.15, -0.1) is 11.3 Å². The lowest BCUT2D eigenvalue weighted by atomic mass is 10.2. The lowest BCUT2D eigenvalue weighted by molar-refractivity contribution is 0.0972. The Kier molecular flexibility index (Phi) is 4.24. The lowest BCUT2D eigenvalue weighted by Crippen LogP contribution is -2.23. The second-order valence-electron chi connectivity index (χ2n) is 4.74. The highest BCUT2D eigenvalue weighted by Gasteiger charge is 2.32. The van der Waals surface area contributed by atoms with Gasteiger partial charge in [-0.2, -0.15) is 0 Å². The van der Waals surface area contributed by atoms with E-state index in [0.29, 0.717) is 17.2 Å². The van der Waals surface area contributed by atoms with Gasteiger partial charge in [0, 0.05) is 19.1 Å². The maximum Gasteiger partial charge on any atom is 0.178 e. The van der Waals surface area contributed by atoms with E-state index in [1.165, 1.54) is 11.3 Å². The summed E-state index contributed by atoms with van der Waals surface area (Å²) in [4.78, 5) is 12.7. The number of hydrogen-bond acceptors (Lipinski definition) is 5. The molecule has 1 aromatic rings. The Morgan fingerprint density at radius 3 is 2.94 bits per heavy atom. The SMILES string of the molecule is CCC(COC)Nc1cc(N)c(C(=O)C2CC2)s1. The molecule has 0 radical (unpaired) electrons. The van der Waals surface area contributed by atoms with E-state index < -0.39 is 0 Å². The summed E-state index contributed by atoms with van der Waals surface area (Å²) in [6.07, 6.45) is 3.00. The molecule has 0 aliphatic heterocycles. The second kappa shape index (κ2) is 5.71. The summed E-state index contributed by atoms with van der Waals surface area (Å²) in [5.74, 6) is 0.435. The standard InChI is InChI=1S/C13H20N2O2S/c1-3-9(7-17-2)15-11-6-10(14)13(18-11)12(16)8-4-5-8/h6,8-9,15H,3-5,7,14H2,1-2H3. The third-order valence-corrected chi connectivity index (χ3v) is 4.24. The van der Waals surface area contributed by atoms with Crippen LogP contribution in [0.3, 0.4) is 0 Å². The zero-order valence-corrected chi connectivity index (χ0v) is 11.7. The summed E-state index contributed by atoms with van der Waals surface area (Å²) in [5, 5.41) is 4.33. The minimum absolute atomic E-state index is 0.213. The van der Waals surface area contributed by atoms with Gasteiger partial charge in [-0.1, -0.05) is 6.92 Å². The minimum Gasteiger partial charge on any atom is -0.397 e. The summed E-state index contributed by atoms with van der Waals surface area (Å²) in [7, 11) is 1.69. The van der Waals surface area contributed by atoms with Gasteiger partial charge >= 0.3 is 0 Å². The van der Waals surface area contributed by atoms with Crippen molar-refractivity contribution >= 4 is 27.8 Å². The summed E-state index contributed by atoms with van der Waals surface area (Å²) in [5.41, 5.74) is 6.52. The summed E-state index contributed by atoms with van der Waals surface area (Å²) < 4.78 is 5.14. The summed E-state index contributed by atoms with van der Waals surface area (Å²) in [6.45, 7) is 2.75. The van der Waals surface area contributed by atoms with Gasteiger partial charge in [-0.05, 0) is 25.3 Å². The van der Waals surface area contributed by atoms with Crippen LogP contribution in [-0.4, -0.2) is 25.5 Å². The molecule has 18 heavy (non-hydrogen) atoms. The van der Waals surface area contributed by atoms with Gasteiger partial charge in [-0.3, -0.25) is 4.79 Å². The van der Waals surface area contributed by atoms with Gasteiger partial charge in [0.1, 0.15) is 0 Å². The molecule has 3 N–H and O–H groups in total. The number of ether oxygens (including phenoxy) is 1. The monoisotopic (exact) mass is 268 g/mol. The molecule has 5 heteroatoms. The van der Waals surface area contributed by atoms with Crippen molar-refractivity contribution in [1.29, 1.82) is 0 Å². The number of carbonyl (C=O) groups is 1. The molecule has 1 aromatic heterocycles. The van der Waals surface area contributed by atoms with Gasteiger partial charge < -0.3 is 15.8 Å². The molecular formula is C13H20N2O2S. The Hall–Kier alpha value is -1.07. The van der Waals surface area contributed by atoms with Crippen LogP contribution in [0, 0.1) is 5.92 Å². The number of thiophene rings is 1. The van der Waals surface area contributed by atoms with Crippen LogP contribution >= 0.6 is 11.3 Å². The first-order valence-electron chi connectivity index (χ1n) is 6.34. The minimum atomic E-state index is 0.213. The Balaban J connectivity index is 2.05. The molecule has 1 unspecified atom stereocenters. The predicted octanol–water partition coefficient (Wildman–Crippen LogP) is 2.76. The molecule has 0 amide bonds. The number of Topliss-reactive ketones (excluding diaryl/α,β-unsaturated/α-hetero) is 1. The third-order valence-electron chi connectivity index (χ3n) is 3.14. The molecule has 2 rings (SSSR count). The van der Waals surface area contributed by atoms with Gasteiger partial charge in [0.2, 0.25) is 0 Å². The Bertz CT molecular complexity index is 427. The fraction of sp³-hybridized carbons (Fsp3) is 0.615. The van der Waals surface area contributed by atoms with Gasteiger partial charge in [0.15, 0.2) is 5.78 Å². The van der Waals surface area contributed by atoms with Crippen LogP contribution in [0.4, 0.5) is 10.7 Å². The Morgan fingerprint density at radius 1 is 1.67 bits per heavy atom. The average Bonchev–Trinajstić information content (AvgIpc) is 3.13. The molecule has 1 aliphatic carbocycles. The number of rotatable bonds is 7. The van der Waals surface area contributed by atoms with E-state index >= 15 is 0 Å². The molecule has 1 atom stereocenters. The van der Waals surface area contributed by atoms with Crippen LogP contribution in [0.1, 0.15) is 35.9 Å². The van der Waals surface area contributed by atoms with E-state index in [9.17, 15) is 4.79 Å². The first-order chi connectivity index (χ1) is 8.65. The smallest absolute Gasteiger partial charge is 0.178 e. The fourth-order valence-corrected chi connectivity index (χ4v) is 2.94. The summed E-state index contributed by atoms with van der Waals surface area (Å²) in [6, 6.07) is 2.12. The zero-order chi connectivity index (χ0) is 13.1. The fourth-order valence-electron chi connectivity index (χ4n) is 1.86. The Labute approximate surface area is 112 Å². The number of nitrogens with two attached hydrogens (primary N) is 1. The van der Waals surface area contributed by atoms with Crippen molar-refractivity contribution in [1.82, 2.24) is 0 Å². The lowest BCUT2D eigenvalue weighted by Gasteiger charge is -2.15. The van der Waals surface area contributed by atoms with E-state index in [0.717, 1.165) is 24.3 Å². The van der Waals surface area contributed by atoms with Crippen LogP contribution in [0.25, 0.3) is 0 Å². The van der Waals surface area contributed by atoms with Crippen molar-refractivity contribution < 1.29 is 9.53 Å². The first kappa shape index (κ1) is 13.4. The number of ketones is 1. The number of methoxy groups -OCH3 is 1. The quantitative estimate of drug-likeness (QED) is 0.746. The van der Waals surface area contributed by atoms with Crippen molar-refractivity contribution in [2.45, 2.75) is 32.2 Å². The number of anilines is 2. The summed E-state index contributed by atoms with van der Waals surface area (Å²) >= 11 is 1.46. The van der Waals surface area contributed by atoms with Crippen LogP contribution in [0.5, 0.6) is 0 Å². The van der Waals surface area contributed by atoms with E-state index in [2.05, 4.69) is 12.2 Å². The zero-order valence-electron chi connectivity index (χ0n) is 10.9. The average molecular weight is 268 g/mol. The molecule has 0 bridgehead atoms. The van der Waals surface area contributed by atoms with Gasteiger partial charge in [-0.25, -0.2) is 0 Å². The van der Waals surface area contributed by atoms with Crippen LogP contribution in [-0.2, 0) is 4.74 Å². The van der Waals surface area contributed by atoms with Crippen molar-refractivity contribution in [3.05, 3.63) is 10.9 Å². The van der Waals surface area contributed by atoms with Crippen LogP contribution < -0.4 is 11.1 Å². The van der Waals surface area contributed by atoms with Crippen molar-refractivity contribution in [2.75, 3.05) is 24.8 Å². The number of carbonyl (C=O) groups excluding carboxylic acids is 1. The molecule has 0 saturated heterocycles. The van der Waals surface area contributed by atoms with Crippen LogP contribution in [0.2, 0.25) is 0 Å². The number of hydrogen-bond donors (Lipinski definition) is 2. The van der Waals surface area contributed by atoms with E-state index in [1.54, 1.807) is 7.11 Å². The van der Waals surface area contributed by atoms with E-state index in [1.807, 2.05) is 6.07 Å². The molecule has 0 aromatic carbocycles. The third kappa shape index (κ3) is 3.03. The molecule has 1 aliphatic rings. The van der Waals surface area contributed by atoms with Crippen molar-refractivity contribution in [3.63, 3.8) is 0 Å². The van der Waals surface area contributed by atoms with E-state index in [-0.39, 0.29) is 17.7 Å². The highest BCUT2D eigenvalue weighted by atomic mass is 32.1. The highest BCUT2D eigenvalue weighted by molar-refractivity contribution is 7.18. The molecule has 1 saturated carbocycles. The largest absolute Gasteiger partial charge is 0.397 e. The van der Waals surface area contributed by atoms with Crippen LogP contribution in [0.15, 0.2) is 6.07 Å². The normalized spacial score (nSPS) is 16.6. The first-order valence-corrected chi connectivity index (χ1v) is 7.16. The molecule has 4 nitrogen and oxygen atoms in total. The highest BCUT2D eigenvalue weighted by Crippen LogP contribution is 2.38. The molecule has 1 fully saturated rings. The topological polar surface area (TPSA) is 64.3 Å². The number of nitrogens with one attached hydrogen (secondary N) is 1. The van der Waals surface area contributed by atoms with Crippen molar-refractivity contribution in [2.24, 2.45) is 5.92 Å². The molecule has 0 spiro atoms. The maximum absolute atomic E-state index is 12.0. The molecule has 100 valence electrons. The van der Waals surface area contributed by atoms with Gasteiger partial charge in [0.05, 0.1) is 22.2 Å². The number of nitrogen functional groups attached to an aromatic ring is 1. The van der Waals surface area contributed by atoms with E-state index in [4.69, 9.17) is 10.5 Å². The molecule has 1 heterocycles. The second-order valence-corrected chi connectivity index (χ2v) is 5.79. The van der Waals surface area contributed by atoms with Crippen molar-refractivity contribution in [3.8, 4) is 0 Å². The Morgan fingerprint density at radius 2 is 2.39 bits per heavy atom. The maximum atomic E-state index is 12.0. The predicted molar refractivity (Wildman–Crippen MR) is 75.4 cm³/mol.